The number of aromatic nitrogens is 1. The first-order valence-corrected chi connectivity index (χ1v) is 11.3. The Morgan fingerprint density at radius 1 is 1.10 bits per heavy atom. The molecule has 3 aromatic rings. The molecule has 2 N–H and O–H groups in total. The number of methoxy groups -OCH3 is 1. The summed E-state index contributed by atoms with van der Waals surface area (Å²) in [6.45, 7) is 3.13. The minimum absolute atomic E-state index is 0.366. The van der Waals surface area contributed by atoms with E-state index in [4.69, 9.17) is 4.74 Å². The van der Waals surface area contributed by atoms with E-state index in [0.29, 0.717) is 24.8 Å². The van der Waals surface area contributed by atoms with E-state index in [1.54, 1.807) is 7.11 Å². The third-order valence-electron chi connectivity index (χ3n) is 6.46. The fourth-order valence-electron chi connectivity index (χ4n) is 4.72. The first kappa shape index (κ1) is 21.4. The monoisotopic (exact) mass is 420 g/mol. The van der Waals surface area contributed by atoms with Gasteiger partial charge in [0.15, 0.2) is 0 Å². The number of nitrogens with one attached hydrogen (secondary N) is 1. The summed E-state index contributed by atoms with van der Waals surface area (Å²) in [5, 5.41) is 14.8. The number of fused-ring (bicyclic) bond motifs is 1. The highest BCUT2D eigenvalue weighted by Gasteiger charge is 2.24. The molecule has 1 heterocycles. The van der Waals surface area contributed by atoms with E-state index in [2.05, 4.69) is 36.5 Å². The molecule has 0 unspecified atom stereocenters. The van der Waals surface area contributed by atoms with E-state index in [-0.39, 0.29) is 0 Å². The molecule has 4 rings (SSSR count). The van der Waals surface area contributed by atoms with Crippen LogP contribution in [0.25, 0.3) is 10.9 Å². The number of ether oxygens (including phenoxy) is 1. The van der Waals surface area contributed by atoms with Crippen molar-refractivity contribution in [1.29, 1.82) is 0 Å². The highest BCUT2D eigenvalue weighted by molar-refractivity contribution is 5.98. The lowest BCUT2D eigenvalue weighted by molar-refractivity contribution is 0.0684. The molecule has 0 bridgehead atoms. The zero-order chi connectivity index (χ0) is 21.8. The molecule has 0 saturated heterocycles. The number of carboxylic acid groups (broad SMARTS) is 1. The van der Waals surface area contributed by atoms with Gasteiger partial charge in [0.2, 0.25) is 0 Å². The van der Waals surface area contributed by atoms with E-state index >= 15 is 0 Å². The summed E-state index contributed by atoms with van der Waals surface area (Å²) < 4.78 is 7.37. The molecule has 1 aliphatic rings. The van der Waals surface area contributed by atoms with Crippen molar-refractivity contribution < 1.29 is 14.6 Å². The van der Waals surface area contributed by atoms with Crippen molar-refractivity contribution >= 4 is 16.9 Å². The van der Waals surface area contributed by atoms with Gasteiger partial charge in [0.05, 0.1) is 12.6 Å². The second kappa shape index (κ2) is 9.56. The molecule has 0 radical (unpaired) electrons. The van der Waals surface area contributed by atoms with Crippen LogP contribution in [-0.4, -0.2) is 28.8 Å². The van der Waals surface area contributed by atoms with Crippen LogP contribution in [0.5, 0.6) is 5.75 Å². The van der Waals surface area contributed by atoms with Crippen LogP contribution in [0.2, 0.25) is 0 Å². The predicted octanol–water partition coefficient (Wildman–Crippen LogP) is 5.52. The van der Waals surface area contributed by atoms with Gasteiger partial charge in [-0.3, -0.25) is 0 Å². The third kappa shape index (κ3) is 4.77. The number of hydrogen-bond acceptors (Lipinski definition) is 3. The minimum Gasteiger partial charge on any atom is -0.497 e. The van der Waals surface area contributed by atoms with Crippen LogP contribution in [0, 0.1) is 6.92 Å². The number of nitrogens with zero attached hydrogens (tertiary/aromatic N) is 1. The van der Waals surface area contributed by atoms with E-state index in [9.17, 15) is 9.90 Å². The van der Waals surface area contributed by atoms with Gasteiger partial charge in [0.1, 0.15) is 11.4 Å². The number of carboxylic acids is 1. The van der Waals surface area contributed by atoms with Crippen LogP contribution < -0.4 is 10.1 Å². The summed E-state index contributed by atoms with van der Waals surface area (Å²) in [5.74, 6) is -0.157. The van der Waals surface area contributed by atoms with Gasteiger partial charge in [0, 0.05) is 36.1 Å². The molecule has 5 nitrogen and oxygen atoms in total. The van der Waals surface area contributed by atoms with Crippen molar-refractivity contribution in [3.05, 3.63) is 64.8 Å². The molecule has 1 fully saturated rings. The average molecular weight is 421 g/mol. The molecule has 0 atom stereocenters. The Morgan fingerprint density at radius 3 is 2.45 bits per heavy atom. The first-order valence-electron chi connectivity index (χ1n) is 11.3. The molecule has 0 amide bonds. The Labute approximate surface area is 184 Å². The Hall–Kier alpha value is -2.79. The average Bonchev–Trinajstić information content (AvgIpc) is 2.91. The molecule has 1 aromatic heterocycles. The SMILES string of the molecule is COc1ccc2c(CNC3CCCCCC3)c(C(=O)O)n(Cc3ccc(C)cc3)c2c1. The summed E-state index contributed by atoms with van der Waals surface area (Å²) in [6, 6.07) is 14.6. The predicted molar refractivity (Wildman–Crippen MR) is 124 cm³/mol. The maximum atomic E-state index is 12.4. The molecular formula is C26H32N2O3. The van der Waals surface area contributed by atoms with Crippen LogP contribution in [0.15, 0.2) is 42.5 Å². The van der Waals surface area contributed by atoms with Crippen LogP contribution in [0.3, 0.4) is 0 Å². The number of aryl methyl sites for hydroxylation is 1. The van der Waals surface area contributed by atoms with E-state index in [1.807, 2.05) is 22.8 Å². The van der Waals surface area contributed by atoms with Gasteiger partial charge in [-0.05, 0) is 37.5 Å². The zero-order valence-corrected chi connectivity index (χ0v) is 18.5. The van der Waals surface area contributed by atoms with Crippen LogP contribution in [0.1, 0.15) is 65.7 Å². The fraction of sp³-hybridized carbons (Fsp3) is 0.423. The smallest absolute Gasteiger partial charge is 0.352 e. The summed E-state index contributed by atoms with van der Waals surface area (Å²) in [7, 11) is 1.64. The number of benzene rings is 2. The second-order valence-corrected chi connectivity index (χ2v) is 8.66. The summed E-state index contributed by atoms with van der Waals surface area (Å²) in [6.07, 6.45) is 7.42. The van der Waals surface area contributed by atoms with Crippen molar-refractivity contribution in [2.45, 2.75) is 64.6 Å². The van der Waals surface area contributed by atoms with Crippen LogP contribution >= 0.6 is 0 Å². The second-order valence-electron chi connectivity index (χ2n) is 8.66. The number of rotatable bonds is 7. The van der Waals surface area contributed by atoms with Gasteiger partial charge in [-0.1, -0.05) is 55.5 Å². The molecule has 2 aromatic carbocycles. The van der Waals surface area contributed by atoms with Crippen molar-refractivity contribution in [2.75, 3.05) is 7.11 Å². The minimum atomic E-state index is -0.889. The molecule has 164 valence electrons. The van der Waals surface area contributed by atoms with E-state index in [1.165, 1.54) is 31.2 Å². The molecular weight excluding hydrogens is 388 g/mol. The highest BCUT2D eigenvalue weighted by Crippen LogP contribution is 2.31. The molecule has 31 heavy (non-hydrogen) atoms. The molecule has 1 saturated carbocycles. The zero-order valence-electron chi connectivity index (χ0n) is 18.5. The van der Waals surface area contributed by atoms with Gasteiger partial charge >= 0.3 is 5.97 Å². The molecule has 0 spiro atoms. The normalized spacial score (nSPS) is 15.2. The number of hydrogen-bond donors (Lipinski definition) is 2. The Morgan fingerprint density at radius 2 is 1.81 bits per heavy atom. The van der Waals surface area contributed by atoms with Gasteiger partial charge < -0.3 is 19.7 Å². The Kier molecular flexibility index (Phi) is 6.62. The topological polar surface area (TPSA) is 63.5 Å². The van der Waals surface area contributed by atoms with Gasteiger partial charge in [0.25, 0.3) is 0 Å². The fourth-order valence-corrected chi connectivity index (χ4v) is 4.72. The van der Waals surface area contributed by atoms with Gasteiger partial charge in [-0.2, -0.15) is 0 Å². The number of carbonyl (C=O) groups is 1. The molecule has 0 aliphatic heterocycles. The summed E-state index contributed by atoms with van der Waals surface area (Å²) in [4.78, 5) is 12.4. The summed E-state index contributed by atoms with van der Waals surface area (Å²) >= 11 is 0. The molecule has 1 aliphatic carbocycles. The van der Waals surface area contributed by atoms with Crippen LogP contribution in [-0.2, 0) is 13.1 Å². The number of aromatic carboxylic acids is 1. The first-order chi connectivity index (χ1) is 15.1. The van der Waals surface area contributed by atoms with Gasteiger partial charge in [-0.25, -0.2) is 4.79 Å². The summed E-state index contributed by atoms with van der Waals surface area (Å²) in [5.41, 5.74) is 4.40. The van der Waals surface area contributed by atoms with E-state index < -0.39 is 5.97 Å². The quantitative estimate of drug-likeness (QED) is 0.494. The molecule has 5 heteroatoms. The largest absolute Gasteiger partial charge is 0.497 e. The third-order valence-corrected chi connectivity index (χ3v) is 6.46. The lowest BCUT2D eigenvalue weighted by Gasteiger charge is -2.16. The highest BCUT2D eigenvalue weighted by atomic mass is 16.5. The van der Waals surface area contributed by atoms with Crippen molar-refractivity contribution in [3.8, 4) is 5.75 Å². The standard InChI is InChI=1S/C26H32N2O3/c1-18-9-11-19(12-10-18)17-28-24-15-21(31-2)13-14-22(24)23(25(28)26(29)30)16-27-20-7-5-3-4-6-8-20/h9-15,20,27H,3-8,16-17H2,1-2H3,(H,29,30). The van der Waals surface area contributed by atoms with Gasteiger partial charge in [-0.15, -0.1) is 0 Å². The maximum Gasteiger partial charge on any atom is 0.352 e. The van der Waals surface area contributed by atoms with E-state index in [0.717, 1.165) is 40.6 Å². The van der Waals surface area contributed by atoms with Crippen molar-refractivity contribution in [3.63, 3.8) is 0 Å². The lowest BCUT2D eigenvalue weighted by Crippen LogP contribution is -2.28. The maximum absolute atomic E-state index is 12.4. The lowest BCUT2D eigenvalue weighted by atomic mass is 10.1. The van der Waals surface area contributed by atoms with Crippen LogP contribution in [0.4, 0.5) is 0 Å². The van der Waals surface area contributed by atoms with Crippen molar-refractivity contribution in [2.24, 2.45) is 0 Å². The Bertz CT molecular complexity index is 1040. The van der Waals surface area contributed by atoms with Crippen molar-refractivity contribution in [1.82, 2.24) is 9.88 Å². The Balaban J connectivity index is 1.75.